The standard InChI is InChI=1S/C24H39N5O5S2/c1-19(36(33,34)14-9-25)22(30)28-17-23(2)15-27(16-24(23,3)18-28)21-7-5-20(6-8-21)26-10-12-29(13-11-26)35(4,31)32/h5-8,19H,9-18,25H2,1-4H3/t19?,23-,24+. The highest BCUT2D eigenvalue weighted by molar-refractivity contribution is 7.92. The van der Waals surface area contributed by atoms with Crippen molar-refractivity contribution >= 4 is 37.1 Å². The quantitative estimate of drug-likeness (QED) is 0.519. The molecule has 0 spiro atoms. The Bertz CT molecular complexity index is 1180. The minimum atomic E-state index is -3.55. The molecule has 3 fully saturated rings. The van der Waals surface area contributed by atoms with Crippen LogP contribution in [-0.2, 0) is 24.7 Å². The minimum absolute atomic E-state index is 0.0139. The molecule has 12 heteroatoms. The summed E-state index contributed by atoms with van der Waals surface area (Å²) in [4.78, 5) is 19.3. The number of piperazine rings is 1. The number of sulfonamides is 1. The monoisotopic (exact) mass is 541 g/mol. The highest BCUT2D eigenvalue weighted by atomic mass is 32.2. The number of benzene rings is 1. The maximum Gasteiger partial charge on any atom is 0.240 e. The molecule has 0 aliphatic carbocycles. The van der Waals surface area contributed by atoms with Crippen LogP contribution in [-0.4, -0.2) is 108 Å². The number of likely N-dealkylation sites (tertiary alicyclic amines) is 1. The Morgan fingerprint density at radius 3 is 1.81 bits per heavy atom. The second-order valence-corrected chi connectivity index (χ2v) is 15.6. The molecule has 3 heterocycles. The van der Waals surface area contributed by atoms with Crippen molar-refractivity contribution in [3.63, 3.8) is 0 Å². The summed E-state index contributed by atoms with van der Waals surface area (Å²) in [5.41, 5.74) is 7.32. The molecule has 1 aromatic rings. The molecule has 0 saturated carbocycles. The number of amides is 1. The van der Waals surface area contributed by atoms with Gasteiger partial charge in [0.15, 0.2) is 9.84 Å². The number of fused-ring (bicyclic) bond motifs is 1. The minimum Gasteiger partial charge on any atom is -0.370 e. The Balaban J connectivity index is 1.40. The number of carbonyl (C=O) groups excluding carboxylic acids is 1. The van der Waals surface area contributed by atoms with E-state index in [0.717, 1.165) is 24.5 Å². The van der Waals surface area contributed by atoms with Crippen LogP contribution in [0.4, 0.5) is 11.4 Å². The molecule has 1 unspecified atom stereocenters. The Morgan fingerprint density at radius 2 is 1.36 bits per heavy atom. The van der Waals surface area contributed by atoms with E-state index in [0.29, 0.717) is 39.3 Å². The Labute approximate surface area is 215 Å². The van der Waals surface area contributed by atoms with E-state index >= 15 is 0 Å². The highest BCUT2D eigenvalue weighted by Gasteiger charge is 2.59. The number of hydrogen-bond donors (Lipinski definition) is 1. The van der Waals surface area contributed by atoms with Crippen LogP contribution in [0.2, 0.25) is 0 Å². The van der Waals surface area contributed by atoms with Crippen molar-refractivity contribution in [3.05, 3.63) is 24.3 Å². The van der Waals surface area contributed by atoms with E-state index in [1.54, 1.807) is 4.90 Å². The number of carbonyl (C=O) groups is 1. The van der Waals surface area contributed by atoms with Crippen LogP contribution >= 0.6 is 0 Å². The third-order valence-electron chi connectivity index (χ3n) is 8.50. The lowest BCUT2D eigenvalue weighted by atomic mass is 9.71. The van der Waals surface area contributed by atoms with E-state index < -0.39 is 25.1 Å². The Morgan fingerprint density at radius 1 is 0.889 bits per heavy atom. The van der Waals surface area contributed by atoms with Crippen LogP contribution in [0.1, 0.15) is 20.8 Å². The molecule has 3 saturated heterocycles. The first-order valence-corrected chi connectivity index (χ1v) is 16.0. The SMILES string of the molecule is CC(C(=O)N1C[C@@]2(C)CN(c3ccc(N4CCN(S(C)(=O)=O)CC4)cc3)C[C@@]2(C)C1)S(=O)(=O)CCN. The Hall–Kier alpha value is -1.89. The van der Waals surface area contributed by atoms with Crippen molar-refractivity contribution in [3.8, 4) is 0 Å². The van der Waals surface area contributed by atoms with Crippen molar-refractivity contribution in [1.82, 2.24) is 9.21 Å². The van der Waals surface area contributed by atoms with Gasteiger partial charge < -0.3 is 20.4 Å². The molecular formula is C24H39N5O5S2. The second-order valence-electron chi connectivity index (χ2n) is 11.1. The summed E-state index contributed by atoms with van der Waals surface area (Å²) in [6, 6.07) is 8.39. The molecule has 202 valence electrons. The molecule has 1 aromatic carbocycles. The summed E-state index contributed by atoms with van der Waals surface area (Å²) < 4.78 is 49.9. The lowest BCUT2D eigenvalue weighted by molar-refractivity contribution is -0.130. The maximum atomic E-state index is 13.0. The van der Waals surface area contributed by atoms with Crippen molar-refractivity contribution in [2.24, 2.45) is 16.6 Å². The molecule has 2 N–H and O–H groups in total. The van der Waals surface area contributed by atoms with Crippen LogP contribution in [0.15, 0.2) is 24.3 Å². The van der Waals surface area contributed by atoms with Gasteiger partial charge in [-0.1, -0.05) is 13.8 Å². The van der Waals surface area contributed by atoms with Crippen molar-refractivity contribution in [2.45, 2.75) is 26.0 Å². The van der Waals surface area contributed by atoms with Crippen LogP contribution in [0.3, 0.4) is 0 Å². The first-order valence-electron chi connectivity index (χ1n) is 12.4. The van der Waals surface area contributed by atoms with Gasteiger partial charge in [0.25, 0.3) is 0 Å². The average Bonchev–Trinajstić information content (AvgIpc) is 3.22. The molecule has 3 atom stereocenters. The molecule has 1 amide bonds. The van der Waals surface area contributed by atoms with E-state index in [9.17, 15) is 21.6 Å². The molecule has 0 bridgehead atoms. The van der Waals surface area contributed by atoms with E-state index in [-0.39, 0.29) is 29.0 Å². The number of nitrogens with zero attached hydrogens (tertiary/aromatic N) is 4. The van der Waals surface area contributed by atoms with Gasteiger partial charge in [0, 0.05) is 81.1 Å². The zero-order chi connectivity index (χ0) is 26.5. The van der Waals surface area contributed by atoms with Gasteiger partial charge in [-0.15, -0.1) is 0 Å². The van der Waals surface area contributed by atoms with Crippen molar-refractivity contribution in [2.75, 3.05) is 80.7 Å². The molecule has 10 nitrogen and oxygen atoms in total. The third-order valence-corrected chi connectivity index (χ3v) is 11.9. The van der Waals surface area contributed by atoms with E-state index in [1.165, 1.54) is 17.5 Å². The first-order chi connectivity index (χ1) is 16.7. The predicted molar refractivity (Wildman–Crippen MR) is 142 cm³/mol. The van der Waals surface area contributed by atoms with Crippen LogP contribution in [0.25, 0.3) is 0 Å². The molecule has 0 aromatic heterocycles. The normalized spacial score (nSPS) is 28.4. The fourth-order valence-corrected chi connectivity index (χ4v) is 7.87. The molecule has 36 heavy (non-hydrogen) atoms. The second kappa shape index (κ2) is 9.45. The van der Waals surface area contributed by atoms with E-state index in [4.69, 9.17) is 5.73 Å². The topological polar surface area (TPSA) is 124 Å². The predicted octanol–water partition coefficient (Wildman–Crippen LogP) is 0.205. The third kappa shape index (κ3) is 4.97. The lowest BCUT2D eigenvalue weighted by Gasteiger charge is -2.35. The number of nitrogens with two attached hydrogens (primary N) is 1. The fourth-order valence-electron chi connectivity index (χ4n) is 5.90. The molecular weight excluding hydrogens is 502 g/mol. The number of anilines is 2. The number of sulfone groups is 1. The van der Waals surface area contributed by atoms with Crippen LogP contribution in [0.5, 0.6) is 0 Å². The van der Waals surface area contributed by atoms with Gasteiger partial charge in [0.2, 0.25) is 15.9 Å². The van der Waals surface area contributed by atoms with Crippen LogP contribution in [0, 0.1) is 10.8 Å². The zero-order valence-electron chi connectivity index (χ0n) is 21.7. The summed E-state index contributed by atoms with van der Waals surface area (Å²) in [6.07, 6.45) is 1.25. The van der Waals surface area contributed by atoms with Gasteiger partial charge in [-0.2, -0.15) is 4.31 Å². The van der Waals surface area contributed by atoms with E-state index in [2.05, 4.69) is 47.9 Å². The molecule has 3 aliphatic rings. The summed E-state index contributed by atoms with van der Waals surface area (Å²) in [7, 11) is -6.70. The average molecular weight is 542 g/mol. The maximum absolute atomic E-state index is 13.0. The fraction of sp³-hybridized carbons (Fsp3) is 0.708. The van der Waals surface area contributed by atoms with Crippen molar-refractivity contribution < 1.29 is 21.6 Å². The zero-order valence-corrected chi connectivity index (χ0v) is 23.3. The van der Waals surface area contributed by atoms with Gasteiger partial charge in [0.05, 0.1) is 12.0 Å². The summed E-state index contributed by atoms with van der Waals surface area (Å²) in [5.74, 6) is -0.508. The highest BCUT2D eigenvalue weighted by Crippen LogP contribution is 2.52. The van der Waals surface area contributed by atoms with Gasteiger partial charge in [-0.05, 0) is 31.2 Å². The largest absolute Gasteiger partial charge is 0.370 e. The van der Waals surface area contributed by atoms with Gasteiger partial charge in [-0.3, -0.25) is 4.79 Å². The molecule has 0 radical (unpaired) electrons. The lowest BCUT2D eigenvalue weighted by Crippen LogP contribution is -2.48. The van der Waals surface area contributed by atoms with Gasteiger partial charge in [0.1, 0.15) is 5.25 Å². The Kier molecular flexibility index (Phi) is 7.13. The van der Waals surface area contributed by atoms with Gasteiger partial charge in [-0.25, -0.2) is 16.8 Å². The molecule has 4 rings (SSSR count). The summed E-state index contributed by atoms with van der Waals surface area (Å²) in [5, 5.41) is -1.07. The molecule has 3 aliphatic heterocycles. The number of hydrogen-bond acceptors (Lipinski definition) is 8. The van der Waals surface area contributed by atoms with Crippen molar-refractivity contribution in [1.29, 1.82) is 0 Å². The smallest absolute Gasteiger partial charge is 0.240 e. The number of rotatable bonds is 7. The first kappa shape index (κ1) is 27.2. The van der Waals surface area contributed by atoms with E-state index in [1.807, 2.05) is 0 Å². The van der Waals surface area contributed by atoms with Crippen LogP contribution < -0.4 is 15.5 Å². The summed E-state index contributed by atoms with van der Waals surface area (Å²) in [6.45, 7) is 10.8. The summed E-state index contributed by atoms with van der Waals surface area (Å²) >= 11 is 0. The van der Waals surface area contributed by atoms with Gasteiger partial charge >= 0.3 is 0 Å².